The maximum Gasteiger partial charge on any atom is 0.248 e. The molecule has 8 heteroatoms. The number of carbonyl (C=O) groups excluding carboxylic acids is 1. The van der Waals surface area contributed by atoms with Crippen LogP contribution in [0, 0.1) is 0 Å². The quantitative estimate of drug-likeness (QED) is 0.760. The normalized spacial score (nSPS) is 16.8. The molecule has 1 fully saturated rings. The average molecular weight is 414 g/mol. The van der Waals surface area contributed by atoms with Crippen LogP contribution in [-0.2, 0) is 14.8 Å². The second kappa shape index (κ2) is 8.26. The summed E-state index contributed by atoms with van der Waals surface area (Å²) < 4.78 is 37.7. The third-order valence-electron chi connectivity index (χ3n) is 4.88. The lowest BCUT2D eigenvalue weighted by Crippen LogP contribution is -2.35. The number of hydrogen-bond acceptors (Lipinski definition) is 5. The topological polar surface area (TPSA) is 84.9 Å². The van der Waals surface area contributed by atoms with Gasteiger partial charge in [0.1, 0.15) is 0 Å². The van der Waals surface area contributed by atoms with Crippen LogP contribution in [-0.4, -0.2) is 38.5 Å². The van der Waals surface area contributed by atoms with Crippen LogP contribution in [0.5, 0.6) is 11.5 Å². The Morgan fingerprint density at radius 2 is 1.79 bits per heavy atom. The summed E-state index contributed by atoms with van der Waals surface area (Å²) in [5.74, 6) is 0.969. The van der Waals surface area contributed by atoms with Gasteiger partial charge in [0.15, 0.2) is 11.5 Å². The van der Waals surface area contributed by atoms with Crippen molar-refractivity contribution in [1.82, 2.24) is 4.31 Å². The van der Waals surface area contributed by atoms with E-state index in [1.165, 1.54) is 16.4 Å². The Morgan fingerprint density at radius 3 is 2.62 bits per heavy atom. The molecule has 1 N–H and O–H groups in total. The highest BCUT2D eigenvalue weighted by molar-refractivity contribution is 7.89. The number of anilines is 1. The van der Waals surface area contributed by atoms with Gasteiger partial charge in [-0.05, 0) is 54.8 Å². The first-order chi connectivity index (χ1) is 14.0. The molecule has 2 heterocycles. The lowest BCUT2D eigenvalue weighted by atomic mass is 10.2. The van der Waals surface area contributed by atoms with Crippen LogP contribution < -0.4 is 14.8 Å². The molecular formula is C21H22N2O5S. The highest BCUT2D eigenvalue weighted by Gasteiger charge is 2.26. The van der Waals surface area contributed by atoms with Crippen molar-refractivity contribution >= 4 is 27.7 Å². The molecule has 2 aromatic carbocycles. The monoisotopic (exact) mass is 414 g/mol. The number of benzene rings is 2. The van der Waals surface area contributed by atoms with Crippen molar-refractivity contribution in [3.8, 4) is 11.5 Å². The van der Waals surface area contributed by atoms with Crippen molar-refractivity contribution in [2.45, 2.75) is 24.2 Å². The van der Waals surface area contributed by atoms with Gasteiger partial charge in [-0.15, -0.1) is 0 Å². The van der Waals surface area contributed by atoms with Crippen LogP contribution in [0.1, 0.15) is 24.8 Å². The zero-order chi connectivity index (χ0) is 20.3. The summed E-state index contributed by atoms with van der Waals surface area (Å²) in [5, 5.41) is 2.72. The lowest BCUT2D eigenvalue weighted by Gasteiger charge is -2.26. The molecule has 0 atom stereocenters. The van der Waals surface area contributed by atoms with Gasteiger partial charge in [-0.2, -0.15) is 4.31 Å². The summed E-state index contributed by atoms with van der Waals surface area (Å²) in [6, 6.07) is 11.8. The third kappa shape index (κ3) is 4.44. The van der Waals surface area contributed by atoms with Gasteiger partial charge in [0.2, 0.25) is 22.7 Å². The Hall–Kier alpha value is -2.84. The molecule has 1 amide bonds. The fourth-order valence-corrected chi connectivity index (χ4v) is 4.92. The van der Waals surface area contributed by atoms with Crippen LogP contribution in [0.2, 0.25) is 0 Å². The van der Waals surface area contributed by atoms with Gasteiger partial charge in [0.25, 0.3) is 0 Å². The van der Waals surface area contributed by atoms with Gasteiger partial charge in [-0.3, -0.25) is 4.79 Å². The third-order valence-corrected chi connectivity index (χ3v) is 6.77. The van der Waals surface area contributed by atoms with E-state index < -0.39 is 10.0 Å². The average Bonchev–Trinajstić information content (AvgIpc) is 3.21. The number of hydrogen-bond donors (Lipinski definition) is 1. The molecule has 2 aromatic rings. The first-order valence-electron chi connectivity index (χ1n) is 9.51. The molecule has 0 radical (unpaired) electrons. The Kier molecular flexibility index (Phi) is 5.55. The highest BCUT2D eigenvalue weighted by Crippen LogP contribution is 2.32. The zero-order valence-electron chi connectivity index (χ0n) is 15.8. The minimum atomic E-state index is -3.54. The number of ether oxygens (including phenoxy) is 2. The molecule has 0 saturated carbocycles. The summed E-state index contributed by atoms with van der Waals surface area (Å²) >= 11 is 0. The van der Waals surface area contributed by atoms with Crippen molar-refractivity contribution in [1.29, 1.82) is 0 Å². The number of nitrogens with zero attached hydrogens (tertiary/aromatic N) is 1. The summed E-state index contributed by atoms with van der Waals surface area (Å²) in [6.07, 6.45) is 5.85. The second-order valence-electron chi connectivity index (χ2n) is 6.93. The number of fused-ring (bicyclic) bond motifs is 1. The van der Waals surface area contributed by atoms with Crippen LogP contribution in [0.3, 0.4) is 0 Å². The highest BCUT2D eigenvalue weighted by atomic mass is 32.2. The van der Waals surface area contributed by atoms with Gasteiger partial charge in [-0.1, -0.05) is 18.6 Å². The smallest absolute Gasteiger partial charge is 0.248 e. The first-order valence-corrected chi connectivity index (χ1v) is 11.0. The van der Waals surface area contributed by atoms with Crippen molar-refractivity contribution in [2.75, 3.05) is 25.2 Å². The van der Waals surface area contributed by atoms with Gasteiger partial charge < -0.3 is 14.8 Å². The van der Waals surface area contributed by atoms with Crippen LogP contribution in [0.4, 0.5) is 5.69 Å². The van der Waals surface area contributed by atoms with Crippen molar-refractivity contribution < 1.29 is 22.7 Å². The van der Waals surface area contributed by atoms with E-state index in [-0.39, 0.29) is 17.6 Å². The fourth-order valence-electron chi connectivity index (χ4n) is 3.36. The van der Waals surface area contributed by atoms with Crippen LogP contribution in [0.25, 0.3) is 6.08 Å². The number of rotatable bonds is 5. The largest absolute Gasteiger partial charge is 0.454 e. The number of nitrogens with one attached hydrogen (secondary N) is 1. The molecule has 4 rings (SSSR count). The van der Waals surface area contributed by atoms with Gasteiger partial charge in [0, 0.05) is 24.9 Å². The van der Waals surface area contributed by atoms with E-state index in [4.69, 9.17) is 9.47 Å². The molecule has 29 heavy (non-hydrogen) atoms. The minimum absolute atomic E-state index is 0.192. The molecule has 7 nitrogen and oxygen atoms in total. The van der Waals surface area contributed by atoms with E-state index in [2.05, 4.69) is 5.32 Å². The molecule has 2 aliphatic heterocycles. The summed E-state index contributed by atoms with van der Waals surface area (Å²) in [4.78, 5) is 12.5. The standard InChI is InChI=1S/C21H22N2O5S/c24-21(10-8-16-7-9-19-20(13-16)28-15-27-19)22-17-5-4-6-18(14-17)29(25,26)23-11-2-1-3-12-23/h4-10,13-14H,1-3,11-12,15H2,(H,22,24). The molecular weight excluding hydrogens is 392 g/mol. The summed E-state index contributed by atoms with van der Waals surface area (Å²) in [6.45, 7) is 1.27. The molecule has 1 saturated heterocycles. The van der Waals surface area contributed by atoms with Gasteiger partial charge in [0.05, 0.1) is 4.90 Å². The van der Waals surface area contributed by atoms with E-state index >= 15 is 0 Å². The number of piperidine rings is 1. The Labute approximate surface area is 170 Å². The van der Waals surface area contributed by atoms with Crippen LogP contribution in [0.15, 0.2) is 53.4 Å². The van der Waals surface area contributed by atoms with E-state index in [0.717, 1.165) is 24.8 Å². The van der Waals surface area contributed by atoms with Crippen molar-refractivity contribution in [3.05, 3.63) is 54.1 Å². The number of amides is 1. The SMILES string of the molecule is O=C(C=Cc1ccc2c(c1)OCO2)Nc1cccc(S(=O)(=O)N2CCCCC2)c1. The molecule has 152 valence electrons. The maximum atomic E-state index is 12.8. The van der Waals surface area contributed by atoms with E-state index in [9.17, 15) is 13.2 Å². The fraction of sp³-hybridized carbons (Fsp3) is 0.286. The number of sulfonamides is 1. The van der Waals surface area contributed by atoms with Gasteiger partial charge in [-0.25, -0.2) is 8.42 Å². The predicted octanol–water partition coefficient (Wildman–Crippen LogP) is 3.24. The summed E-state index contributed by atoms with van der Waals surface area (Å²) in [7, 11) is -3.54. The summed E-state index contributed by atoms with van der Waals surface area (Å²) in [5.41, 5.74) is 1.23. The Morgan fingerprint density at radius 1 is 1.00 bits per heavy atom. The van der Waals surface area contributed by atoms with E-state index in [1.54, 1.807) is 36.4 Å². The number of carbonyl (C=O) groups is 1. The van der Waals surface area contributed by atoms with Crippen molar-refractivity contribution in [3.63, 3.8) is 0 Å². The van der Waals surface area contributed by atoms with Crippen LogP contribution >= 0.6 is 0 Å². The Balaban J connectivity index is 1.44. The zero-order valence-corrected chi connectivity index (χ0v) is 16.7. The molecule has 2 aliphatic rings. The van der Waals surface area contributed by atoms with Crippen molar-refractivity contribution in [2.24, 2.45) is 0 Å². The molecule has 0 aromatic heterocycles. The van der Waals surface area contributed by atoms with E-state index in [0.29, 0.717) is 30.3 Å². The Bertz CT molecular complexity index is 1040. The maximum absolute atomic E-state index is 12.8. The molecule has 0 spiro atoms. The molecule has 0 unspecified atom stereocenters. The lowest BCUT2D eigenvalue weighted by molar-refractivity contribution is -0.111. The van der Waals surface area contributed by atoms with Gasteiger partial charge >= 0.3 is 0 Å². The molecule has 0 aliphatic carbocycles. The first kappa shape index (κ1) is 19.5. The minimum Gasteiger partial charge on any atom is -0.454 e. The molecule has 0 bridgehead atoms. The predicted molar refractivity (Wildman–Crippen MR) is 109 cm³/mol. The second-order valence-corrected chi connectivity index (χ2v) is 8.87. The van der Waals surface area contributed by atoms with E-state index in [1.807, 2.05) is 6.07 Å².